The van der Waals surface area contributed by atoms with Crippen LogP contribution in [0.2, 0.25) is 0 Å². The lowest BCUT2D eigenvalue weighted by Gasteiger charge is -2.07. The first-order valence-corrected chi connectivity index (χ1v) is 5.11. The Balaban J connectivity index is 2.43. The molecule has 2 aromatic rings. The van der Waals surface area contributed by atoms with Crippen LogP contribution in [-0.4, -0.2) is 21.4 Å². The van der Waals surface area contributed by atoms with Crippen molar-refractivity contribution in [1.82, 2.24) is 4.57 Å². The average Bonchev–Trinajstić information content (AvgIpc) is 2.78. The molecule has 4 nitrogen and oxygen atoms in total. The van der Waals surface area contributed by atoms with Crippen LogP contribution >= 0.6 is 0 Å². The summed E-state index contributed by atoms with van der Waals surface area (Å²) in [5.74, 6) is -0.992. The van der Waals surface area contributed by atoms with Gasteiger partial charge in [-0.2, -0.15) is 0 Å². The summed E-state index contributed by atoms with van der Waals surface area (Å²) < 4.78 is 1.73. The molecule has 0 aliphatic heterocycles. The predicted octanol–water partition coefficient (Wildman–Crippen LogP) is 2.38. The van der Waals surface area contributed by atoms with E-state index in [0.717, 1.165) is 5.69 Å². The fraction of sp³-hybridized carbons (Fsp3) is 0.0769. The Morgan fingerprint density at radius 1 is 1.12 bits per heavy atom. The Hall–Kier alpha value is -2.36. The lowest BCUT2D eigenvalue weighted by molar-refractivity contribution is 0.0696. The molecule has 17 heavy (non-hydrogen) atoms. The fourth-order valence-corrected chi connectivity index (χ4v) is 1.66. The van der Waals surface area contributed by atoms with E-state index in [9.17, 15) is 9.59 Å². The first kappa shape index (κ1) is 11.1. The van der Waals surface area contributed by atoms with Crippen molar-refractivity contribution in [3.05, 3.63) is 53.9 Å². The molecule has 0 atom stereocenters. The number of rotatable bonds is 3. The molecular weight excluding hydrogens is 218 g/mol. The first-order valence-electron chi connectivity index (χ1n) is 5.11. The number of carboxylic acid groups (broad SMARTS) is 1. The standard InChI is InChI=1S/C13H11NO3/c1-9(15)12-3-2-8-14(12)11-6-4-10(5-7-11)13(16)17/h2-8H,1H3,(H,16,17). The van der Waals surface area contributed by atoms with E-state index in [1.807, 2.05) is 0 Å². The van der Waals surface area contributed by atoms with Crippen molar-refractivity contribution in [3.63, 3.8) is 0 Å². The van der Waals surface area contributed by atoms with Crippen LogP contribution in [0.25, 0.3) is 5.69 Å². The van der Waals surface area contributed by atoms with Gasteiger partial charge < -0.3 is 9.67 Å². The number of carbonyl (C=O) groups excluding carboxylic acids is 1. The highest BCUT2D eigenvalue weighted by Gasteiger charge is 2.08. The minimum Gasteiger partial charge on any atom is -0.478 e. The summed E-state index contributed by atoms with van der Waals surface area (Å²) in [6, 6.07) is 9.89. The molecular formula is C13H11NO3. The lowest BCUT2D eigenvalue weighted by atomic mass is 10.2. The molecule has 0 spiro atoms. The van der Waals surface area contributed by atoms with Gasteiger partial charge >= 0.3 is 5.97 Å². The number of carboxylic acids is 1. The van der Waals surface area contributed by atoms with Crippen molar-refractivity contribution >= 4 is 11.8 Å². The van der Waals surface area contributed by atoms with E-state index in [0.29, 0.717) is 5.69 Å². The van der Waals surface area contributed by atoms with Gasteiger partial charge in [0.2, 0.25) is 0 Å². The molecule has 1 aromatic carbocycles. The molecule has 4 heteroatoms. The van der Waals surface area contributed by atoms with E-state index in [1.54, 1.807) is 35.0 Å². The summed E-state index contributed by atoms with van der Waals surface area (Å²) in [7, 11) is 0. The Morgan fingerprint density at radius 3 is 2.29 bits per heavy atom. The van der Waals surface area contributed by atoms with E-state index in [-0.39, 0.29) is 11.3 Å². The van der Waals surface area contributed by atoms with Crippen molar-refractivity contribution in [1.29, 1.82) is 0 Å². The number of ketones is 1. The zero-order valence-electron chi connectivity index (χ0n) is 9.25. The summed E-state index contributed by atoms with van der Waals surface area (Å²) in [5, 5.41) is 8.79. The Kier molecular flexibility index (Phi) is 2.78. The summed E-state index contributed by atoms with van der Waals surface area (Å²) in [6.45, 7) is 1.50. The van der Waals surface area contributed by atoms with Crippen LogP contribution in [0.3, 0.4) is 0 Å². The summed E-state index contributed by atoms with van der Waals surface area (Å²) in [4.78, 5) is 22.1. The number of nitrogens with zero attached hydrogens (tertiary/aromatic N) is 1. The topological polar surface area (TPSA) is 59.3 Å². The fourth-order valence-electron chi connectivity index (χ4n) is 1.66. The van der Waals surface area contributed by atoms with Gasteiger partial charge in [-0.25, -0.2) is 4.79 Å². The molecule has 1 N–H and O–H groups in total. The Morgan fingerprint density at radius 2 is 1.76 bits per heavy atom. The number of carbonyl (C=O) groups is 2. The van der Waals surface area contributed by atoms with Crippen molar-refractivity contribution in [2.24, 2.45) is 0 Å². The maximum atomic E-state index is 11.4. The van der Waals surface area contributed by atoms with Crippen LogP contribution in [0.1, 0.15) is 27.8 Å². The van der Waals surface area contributed by atoms with Gasteiger partial charge in [-0.05, 0) is 36.4 Å². The maximum absolute atomic E-state index is 11.4. The third kappa shape index (κ3) is 2.10. The average molecular weight is 229 g/mol. The van der Waals surface area contributed by atoms with E-state index >= 15 is 0 Å². The van der Waals surface area contributed by atoms with Gasteiger partial charge in [-0.3, -0.25) is 4.79 Å². The quantitative estimate of drug-likeness (QED) is 0.822. The van der Waals surface area contributed by atoms with E-state index < -0.39 is 5.97 Å². The van der Waals surface area contributed by atoms with Gasteiger partial charge in [-0.1, -0.05) is 0 Å². The molecule has 0 amide bonds. The van der Waals surface area contributed by atoms with Crippen molar-refractivity contribution in [3.8, 4) is 5.69 Å². The molecule has 0 unspecified atom stereocenters. The molecule has 1 aromatic heterocycles. The van der Waals surface area contributed by atoms with Crippen LogP contribution in [0.4, 0.5) is 0 Å². The summed E-state index contributed by atoms with van der Waals surface area (Å²) in [6.07, 6.45) is 1.77. The highest BCUT2D eigenvalue weighted by Crippen LogP contribution is 2.14. The van der Waals surface area contributed by atoms with E-state index in [2.05, 4.69) is 0 Å². The van der Waals surface area contributed by atoms with Crippen molar-refractivity contribution in [2.75, 3.05) is 0 Å². The second-order valence-electron chi connectivity index (χ2n) is 3.67. The number of hydrogen-bond acceptors (Lipinski definition) is 2. The number of aromatic carboxylic acids is 1. The van der Waals surface area contributed by atoms with Gasteiger partial charge in [0.15, 0.2) is 5.78 Å². The molecule has 86 valence electrons. The van der Waals surface area contributed by atoms with Gasteiger partial charge in [0.25, 0.3) is 0 Å². The first-order chi connectivity index (χ1) is 8.09. The third-order valence-electron chi connectivity index (χ3n) is 2.50. The Bertz CT molecular complexity index is 567. The van der Waals surface area contributed by atoms with Crippen molar-refractivity contribution in [2.45, 2.75) is 6.92 Å². The number of aromatic nitrogens is 1. The largest absolute Gasteiger partial charge is 0.478 e. The van der Waals surface area contributed by atoms with Crippen LogP contribution in [0.15, 0.2) is 42.6 Å². The zero-order valence-corrected chi connectivity index (χ0v) is 9.25. The van der Waals surface area contributed by atoms with Gasteiger partial charge in [0.05, 0.1) is 11.3 Å². The highest BCUT2D eigenvalue weighted by molar-refractivity contribution is 5.93. The lowest BCUT2D eigenvalue weighted by Crippen LogP contribution is -2.04. The van der Waals surface area contributed by atoms with Crippen molar-refractivity contribution < 1.29 is 14.7 Å². The minimum atomic E-state index is -0.962. The molecule has 0 saturated heterocycles. The molecule has 1 heterocycles. The van der Waals surface area contributed by atoms with Gasteiger partial charge in [-0.15, -0.1) is 0 Å². The predicted molar refractivity (Wildman–Crippen MR) is 62.7 cm³/mol. The van der Waals surface area contributed by atoms with Gasteiger partial charge in [0.1, 0.15) is 0 Å². The molecule has 0 bridgehead atoms. The SMILES string of the molecule is CC(=O)c1cccn1-c1ccc(C(=O)O)cc1. The van der Waals surface area contributed by atoms with Crippen LogP contribution < -0.4 is 0 Å². The minimum absolute atomic E-state index is 0.0303. The zero-order chi connectivity index (χ0) is 12.4. The van der Waals surface area contributed by atoms with Crippen LogP contribution in [-0.2, 0) is 0 Å². The van der Waals surface area contributed by atoms with E-state index in [4.69, 9.17) is 5.11 Å². The number of hydrogen-bond donors (Lipinski definition) is 1. The molecule has 0 saturated carbocycles. The summed E-state index contributed by atoms with van der Waals surface area (Å²) in [5.41, 5.74) is 1.57. The van der Waals surface area contributed by atoms with Crippen LogP contribution in [0, 0.1) is 0 Å². The van der Waals surface area contributed by atoms with Gasteiger partial charge in [0, 0.05) is 18.8 Å². The molecule has 0 radical (unpaired) electrons. The van der Waals surface area contributed by atoms with Crippen LogP contribution in [0.5, 0.6) is 0 Å². The normalized spacial score (nSPS) is 10.2. The third-order valence-corrected chi connectivity index (χ3v) is 2.50. The molecule has 0 aliphatic rings. The maximum Gasteiger partial charge on any atom is 0.335 e. The smallest absolute Gasteiger partial charge is 0.335 e. The monoisotopic (exact) mass is 229 g/mol. The summed E-state index contributed by atoms with van der Waals surface area (Å²) >= 11 is 0. The van der Waals surface area contributed by atoms with E-state index in [1.165, 1.54) is 19.1 Å². The molecule has 2 rings (SSSR count). The second-order valence-corrected chi connectivity index (χ2v) is 3.67. The second kappa shape index (κ2) is 4.25. The molecule has 0 aliphatic carbocycles. The number of Topliss-reactive ketones (excluding diaryl/α,β-unsaturated/α-hetero) is 1. The number of benzene rings is 1. The Labute approximate surface area is 98.1 Å². The highest BCUT2D eigenvalue weighted by atomic mass is 16.4. The molecule has 0 fully saturated rings.